The largest absolute Gasteiger partial charge is 0.335 e. The zero-order valence-corrected chi connectivity index (χ0v) is 18.3. The van der Waals surface area contributed by atoms with Gasteiger partial charge in [-0.3, -0.25) is 19.3 Å². The Hall–Kier alpha value is -2.17. The van der Waals surface area contributed by atoms with Crippen molar-refractivity contribution in [1.82, 2.24) is 9.80 Å². The van der Waals surface area contributed by atoms with E-state index < -0.39 is 6.04 Å². The quantitative estimate of drug-likeness (QED) is 0.655. The highest BCUT2D eigenvalue weighted by Gasteiger charge is 2.47. The van der Waals surface area contributed by atoms with Crippen LogP contribution in [-0.2, 0) is 4.79 Å². The summed E-state index contributed by atoms with van der Waals surface area (Å²) in [6.07, 6.45) is 11.2. The van der Waals surface area contributed by atoms with E-state index in [0.29, 0.717) is 11.1 Å². The maximum absolute atomic E-state index is 14.1. The van der Waals surface area contributed by atoms with E-state index in [1.54, 1.807) is 24.3 Å². The third-order valence-corrected chi connectivity index (χ3v) is 7.18. The molecule has 0 spiro atoms. The molecule has 1 aliphatic heterocycles. The van der Waals surface area contributed by atoms with Gasteiger partial charge in [-0.1, -0.05) is 64.5 Å². The minimum absolute atomic E-state index is 0.0155. The summed E-state index contributed by atoms with van der Waals surface area (Å²) < 4.78 is 0. The highest BCUT2D eigenvalue weighted by molar-refractivity contribution is 6.22. The Kier molecular flexibility index (Phi) is 6.26. The second-order valence-corrected chi connectivity index (χ2v) is 9.54. The first-order valence-electron chi connectivity index (χ1n) is 11.8. The van der Waals surface area contributed by atoms with E-state index in [-0.39, 0.29) is 35.7 Å². The van der Waals surface area contributed by atoms with Crippen LogP contribution in [0.15, 0.2) is 24.3 Å². The molecule has 2 saturated carbocycles. The lowest BCUT2D eigenvalue weighted by atomic mass is 9.87. The normalized spacial score (nSPS) is 21.8. The minimum atomic E-state index is -0.735. The lowest BCUT2D eigenvalue weighted by molar-refractivity contribution is -0.143. The summed E-state index contributed by atoms with van der Waals surface area (Å²) in [6, 6.07) is 6.68. The molecule has 162 valence electrons. The zero-order valence-electron chi connectivity index (χ0n) is 18.3. The van der Waals surface area contributed by atoms with E-state index in [0.717, 1.165) is 51.4 Å². The summed E-state index contributed by atoms with van der Waals surface area (Å²) in [5, 5.41) is 0. The summed E-state index contributed by atoms with van der Waals surface area (Å²) >= 11 is 0. The van der Waals surface area contributed by atoms with E-state index in [1.165, 1.54) is 17.7 Å². The van der Waals surface area contributed by atoms with Crippen LogP contribution in [0.1, 0.15) is 98.8 Å². The van der Waals surface area contributed by atoms with Crippen molar-refractivity contribution in [3.63, 3.8) is 0 Å². The number of nitrogens with zero attached hydrogens (tertiary/aromatic N) is 2. The maximum Gasteiger partial charge on any atom is 0.262 e. The zero-order chi connectivity index (χ0) is 21.3. The molecule has 1 unspecified atom stereocenters. The van der Waals surface area contributed by atoms with Crippen LogP contribution < -0.4 is 0 Å². The van der Waals surface area contributed by atoms with Crippen LogP contribution in [0.5, 0.6) is 0 Å². The van der Waals surface area contributed by atoms with Crippen molar-refractivity contribution in [3.8, 4) is 0 Å². The number of imide groups is 1. The van der Waals surface area contributed by atoms with Crippen molar-refractivity contribution < 1.29 is 14.4 Å². The molecule has 0 N–H and O–H groups in total. The van der Waals surface area contributed by atoms with Crippen LogP contribution in [0.4, 0.5) is 0 Å². The molecule has 0 bridgehead atoms. The molecule has 2 fully saturated rings. The van der Waals surface area contributed by atoms with Gasteiger partial charge in [-0.05, 0) is 43.7 Å². The van der Waals surface area contributed by atoms with Gasteiger partial charge in [-0.25, -0.2) is 0 Å². The van der Waals surface area contributed by atoms with E-state index in [1.807, 2.05) is 13.8 Å². The van der Waals surface area contributed by atoms with Crippen molar-refractivity contribution in [2.24, 2.45) is 5.92 Å². The van der Waals surface area contributed by atoms with Gasteiger partial charge in [0.05, 0.1) is 11.1 Å². The van der Waals surface area contributed by atoms with E-state index in [9.17, 15) is 14.4 Å². The fraction of sp³-hybridized carbons (Fsp3) is 0.640. The Morgan fingerprint density at radius 1 is 0.833 bits per heavy atom. The van der Waals surface area contributed by atoms with Crippen LogP contribution in [0.25, 0.3) is 0 Å². The predicted molar refractivity (Wildman–Crippen MR) is 116 cm³/mol. The Bertz CT molecular complexity index is 753. The number of carbonyl (C=O) groups excluding carboxylic acids is 3. The Morgan fingerprint density at radius 2 is 1.27 bits per heavy atom. The molecular formula is C25H34N2O3. The smallest absolute Gasteiger partial charge is 0.262 e. The number of hydrogen-bond acceptors (Lipinski definition) is 3. The van der Waals surface area contributed by atoms with Gasteiger partial charge in [-0.2, -0.15) is 0 Å². The Labute approximate surface area is 179 Å². The summed E-state index contributed by atoms with van der Waals surface area (Å²) in [5.41, 5.74) is 0.839. The molecule has 0 saturated heterocycles. The average molecular weight is 411 g/mol. The first-order chi connectivity index (χ1) is 14.5. The van der Waals surface area contributed by atoms with E-state index in [4.69, 9.17) is 0 Å². The van der Waals surface area contributed by atoms with Crippen molar-refractivity contribution in [2.75, 3.05) is 0 Å². The summed E-state index contributed by atoms with van der Waals surface area (Å²) in [7, 11) is 0. The lowest BCUT2D eigenvalue weighted by Gasteiger charge is -2.45. The van der Waals surface area contributed by atoms with Crippen LogP contribution >= 0.6 is 0 Å². The summed E-state index contributed by atoms with van der Waals surface area (Å²) in [5.74, 6) is -0.794. The van der Waals surface area contributed by atoms with Gasteiger partial charge >= 0.3 is 0 Å². The number of fused-ring (bicyclic) bond motifs is 1. The van der Waals surface area contributed by atoms with Crippen LogP contribution in [0.2, 0.25) is 0 Å². The molecule has 3 amide bonds. The van der Waals surface area contributed by atoms with E-state index >= 15 is 0 Å². The van der Waals surface area contributed by atoms with Crippen LogP contribution in [0, 0.1) is 5.92 Å². The van der Waals surface area contributed by atoms with Gasteiger partial charge in [0.25, 0.3) is 11.8 Å². The van der Waals surface area contributed by atoms with Crippen LogP contribution in [-0.4, -0.2) is 45.6 Å². The van der Waals surface area contributed by atoms with Crippen molar-refractivity contribution in [1.29, 1.82) is 0 Å². The Balaban J connectivity index is 1.67. The molecule has 1 atom stereocenters. The maximum atomic E-state index is 14.1. The van der Waals surface area contributed by atoms with Gasteiger partial charge in [-0.15, -0.1) is 0 Å². The first-order valence-corrected chi connectivity index (χ1v) is 11.8. The third kappa shape index (κ3) is 3.79. The second kappa shape index (κ2) is 8.91. The monoisotopic (exact) mass is 410 g/mol. The fourth-order valence-corrected chi connectivity index (χ4v) is 5.68. The SMILES string of the molecule is CC(C)C(C(=O)N(C1CCCCC1)C1CCCCC1)N1C(=O)c2ccccc2C1=O. The molecule has 2 aliphatic carbocycles. The average Bonchev–Trinajstić information content (AvgIpc) is 3.01. The number of benzene rings is 1. The molecule has 5 nitrogen and oxygen atoms in total. The van der Waals surface area contributed by atoms with Gasteiger partial charge in [0, 0.05) is 12.1 Å². The molecule has 4 rings (SSSR count). The molecule has 5 heteroatoms. The fourth-order valence-electron chi connectivity index (χ4n) is 5.68. The number of rotatable bonds is 5. The number of amides is 3. The van der Waals surface area contributed by atoms with Crippen molar-refractivity contribution >= 4 is 17.7 Å². The molecule has 0 radical (unpaired) electrons. The van der Waals surface area contributed by atoms with E-state index in [2.05, 4.69) is 4.90 Å². The van der Waals surface area contributed by atoms with Crippen molar-refractivity contribution in [2.45, 2.75) is 96.2 Å². The van der Waals surface area contributed by atoms with Gasteiger partial charge in [0.2, 0.25) is 5.91 Å². The molecular weight excluding hydrogens is 376 g/mol. The molecule has 1 heterocycles. The Morgan fingerprint density at radius 3 is 1.67 bits per heavy atom. The molecule has 30 heavy (non-hydrogen) atoms. The summed E-state index contributed by atoms with van der Waals surface area (Å²) in [4.78, 5) is 43.8. The minimum Gasteiger partial charge on any atom is -0.335 e. The topological polar surface area (TPSA) is 57.7 Å². The van der Waals surface area contributed by atoms with Crippen molar-refractivity contribution in [3.05, 3.63) is 35.4 Å². The van der Waals surface area contributed by atoms with Crippen LogP contribution in [0.3, 0.4) is 0 Å². The second-order valence-electron chi connectivity index (χ2n) is 9.54. The number of hydrogen-bond donors (Lipinski definition) is 0. The highest BCUT2D eigenvalue weighted by Crippen LogP contribution is 2.34. The molecule has 3 aliphatic rings. The van der Waals surface area contributed by atoms with Gasteiger partial charge in [0.15, 0.2) is 0 Å². The van der Waals surface area contributed by atoms with Gasteiger partial charge < -0.3 is 4.90 Å². The first kappa shape index (κ1) is 21.1. The molecule has 0 aromatic heterocycles. The lowest BCUT2D eigenvalue weighted by Crippen LogP contribution is -2.58. The predicted octanol–water partition coefficient (Wildman–Crippen LogP) is 4.80. The molecule has 1 aromatic carbocycles. The molecule has 1 aromatic rings. The summed E-state index contributed by atoms with van der Waals surface area (Å²) in [6.45, 7) is 3.90. The number of carbonyl (C=O) groups is 3. The third-order valence-electron chi connectivity index (χ3n) is 7.18. The highest BCUT2D eigenvalue weighted by atomic mass is 16.2. The standard InChI is InChI=1S/C25H34N2O3/c1-17(2)22(27-23(28)20-15-9-10-16-21(20)24(27)29)25(30)26(18-11-5-3-6-12-18)19-13-7-4-8-14-19/h9-10,15-19,22H,3-8,11-14H2,1-2H3. The van der Waals surface area contributed by atoms with Gasteiger partial charge in [0.1, 0.15) is 6.04 Å².